The Balaban J connectivity index is 1.21. The summed E-state index contributed by atoms with van der Waals surface area (Å²) in [5, 5.41) is 2.88. The zero-order valence-corrected chi connectivity index (χ0v) is 19.5. The van der Waals surface area contributed by atoms with Gasteiger partial charge in [0.25, 0.3) is 0 Å². The van der Waals surface area contributed by atoms with Crippen molar-refractivity contribution in [1.82, 2.24) is 14.7 Å². The number of amides is 4. The number of carbonyl (C=O) groups excluding carboxylic acids is 3. The second-order valence-corrected chi connectivity index (χ2v) is 9.13. The number of benzene rings is 1. The zero-order valence-electron chi connectivity index (χ0n) is 19.5. The Morgan fingerprint density at radius 3 is 2.18 bits per heavy atom. The normalized spacial score (nSPS) is 19.5. The molecule has 3 aliphatic rings. The Morgan fingerprint density at radius 1 is 0.939 bits per heavy atom. The van der Waals surface area contributed by atoms with Crippen molar-refractivity contribution in [3.8, 4) is 0 Å². The van der Waals surface area contributed by atoms with Gasteiger partial charge in [0.2, 0.25) is 11.8 Å². The van der Waals surface area contributed by atoms with E-state index in [0.29, 0.717) is 31.6 Å². The van der Waals surface area contributed by atoms with Gasteiger partial charge in [0.15, 0.2) is 0 Å². The summed E-state index contributed by atoms with van der Waals surface area (Å²) in [5.74, 6) is -0.383. The summed E-state index contributed by atoms with van der Waals surface area (Å²) in [6.45, 7) is 6.07. The van der Waals surface area contributed by atoms with Crippen LogP contribution < -0.4 is 10.2 Å². The monoisotopic (exact) mass is 457 g/mol. The number of morpholine rings is 1. The maximum atomic E-state index is 12.9. The molecule has 1 aromatic carbocycles. The molecule has 3 heterocycles. The Hall–Kier alpha value is -2.81. The highest BCUT2D eigenvalue weighted by Crippen LogP contribution is 2.22. The van der Waals surface area contributed by atoms with E-state index >= 15 is 0 Å². The lowest BCUT2D eigenvalue weighted by molar-refractivity contribution is -0.138. The molecule has 0 unspecified atom stereocenters. The van der Waals surface area contributed by atoms with Crippen LogP contribution in [-0.2, 0) is 14.3 Å². The minimum absolute atomic E-state index is 0.0109. The van der Waals surface area contributed by atoms with Gasteiger partial charge < -0.3 is 29.7 Å². The van der Waals surface area contributed by atoms with Crippen LogP contribution in [0, 0.1) is 5.92 Å². The number of anilines is 2. The number of likely N-dealkylation sites (tertiary alicyclic amines) is 2. The van der Waals surface area contributed by atoms with Crippen molar-refractivity contribution in [1.29, 1.82) is 0 Å². The number of piperidine rings is 1. The minimum atomic E-state index is -0.216. The van der Waals surface area contributed by atoms with Crippen LogP contribution in [0.25, 0.3) is 0 Å². The predicted octanol–water partition coefficient (Wildman–Crippen LogP) is 1.85. The summed E-state index contributed by atoms with van der Waals surface area (Å²) >= 11 is 0. The van der Waals surface area contributed by atoms with Gasteiger partial charge in [-0.25, -0.2) is 4.79 Å². The molecule has 0 radical (unpaired) electrons. The number of nitrogens with one attached hydrogen (secondary N) is 1. The fraction of sp³-hybridized carbons (Fsp3) is 0.625. The van der Waals surface area contributed by atoms with Gasteiger partial charge in [0, 0.05) is 63.6 Å². The van der Waals surface area contributed by atoms with Gasteiger partial charge in [-0.2, -0.15) is 0 Å². The van der Waals surface area contributed by atoms with Gasteiger partial charge in [-0.15, -0.1) is 0 Å². The number of hydrogen-bond donors (Lipinski definition) is 1. The predicted molar refractivity (Wildman–Crippen MR) is 126 cm³/mol. The van der Waals surface area contributed by atoms with Crippen molar-refractivity contribution in [3.05, 3.63) is 24.3 Å². The SMILES string of the molecule is CN(CC(=O)Nc1ccc(N2CCOCC2)cc1)C(=O)C1CCN(C(=O)N2CCCC2)CC1. The molecule has 0 spiro atoms. The van der Waals surface area contributed by atoms with E-state index in [2.05, 4.69) is 10.2 Å². The second-order valence-electron chi connectivity index (χ2n) is 9.13. The van der Waals surface area contributed by atoms with Gasteiger partial charge >= 0.3 is 6.03 Å². The number of rotatable bonds is 5. The topological polar surface area (TPSA) is 85.4 Å². The molecule has 1 N–H and O–H groups in total. The van der Waals surface area contributed by atoms with E-state index in [1.165, 1.54) is 4.90 Å². The van der Waals surface area contributed by atoms with E-state index in [0.717, 1.165) is 57.9 Å². The molecular weight excluding hydrogens is 422 g/mol. The highest BCUT2D eigenvalue weighted by molar-refractivity contribution is 5.95. The molecule has 0 aliphatic carbocycles. The highest BCUT2D eigenvalue weighted by Gasteiger charge is 2.32. The summed E-state index contributed by atoms with van der Waals surface area (Å²) < 4.78 is 5.38. The fourth-order valence-electron chi connectivity index (χ4n) is 4.81. The van der Waals surface area contributed by atoms with Crippen molar-refractivity contribution in [2.45, 2.75) is 25.7 Å². The quantitative estimate of drug-likeness (QED) is 0.729. The molecule has 4 amide bonds. The smallest absolute Gasteiger partial charge is 0.319 e. The molecule has 0 atom stereocenters. The third-order valence-corrected chi connectivity index (χ3v) is 6.78. The number of nitrogens with zero attached hydrogens (tertiary/aromatic N) is 4. The first-order valence-corrected chi connectivity index (χ1v) is 12.0. The van der Waals surface area contributed by atoms with Crippen LogP contribution >= 0.6 is 0 Å². The summed E-state index contributed by atoms with van der Waals surface area (Å²) in [7, 11) is 1.67. The summed E-state index contributed by atoms with van der Waals surface area (Å²) in [6.07, 6.45) is 3.44. The third kappa shape index (κ3) is 5.96. The third-order valence-electron chi connectivity index (χ3n) is 6.78. The molecule has 9 nitrogen and oxygen atoms in total. The Morgan fingerprint density at radius 2 is 1.55 bits per heavy atom. The van der Waals surface area contributed by atoms with Crippen molar-refractivity contribution in [2.75, 3.05) is 76.3 Å². The minimum Gasteiger partial charge on any atom is -0.378 e. The standard InChI is InChI=1S/C24H35N5O4/c1-26(23(31)19-8-12-29(13-9-19)24(32)28-10-2-3-11-28)18-22(30)25-20-4-6-21(7-5-20)27-14-16-33-17-15-27/h4-7,19H,2-3,8-18H2,1H3,(H,25,30). The van der Waals surface area contributed by atoms with Gasteiger partial charge in [-0.1, -0.05) is 0 Å². The Kier molecular flexibility index (Phi) is 7.69. The van der Waals surface area contributed by atoms with Gasteiger partial charge in [-0.05, 0) is 49.9 Å². The van der Waals surface area contributed by atoms with Crippen LogP contribution in [0.4, 0.5) is 16.2 Å². The molecule has 0 bridgehead atoms. The first-order chi connectivity index (χ1) is 16.0. The maximum absolute atomic E-state index is 12.9. The Bertz CT molecular complexity index is 826. The van der Waals surface area contributed by atoms with E-state index in [9.17, 15) is 14.4 Å². The van der Waals surface area contributed by atoms with Crippen LogP contribution in [0.15, 0.2) is 24.3 Å². The molecule has 9 heteroatoms. The number of likely N-dealkylation sites (N-methyl/N-ethyl adjacent to an activating group) is 1. The first-order valence-electron chi connectivity index (χ1n) is 12.0. The number of ether oxygens (including phenoxy) is 1. The van der Waals surface area contributed by atoms with Crippen LogP contribution in [0.2, 0.25) is 0 Å². The number of urea groups is 1. The van der Waals surface area contributed by atoms with E-state index in [1.54, 1.807) is 7.05 Å². The van der Waals surface area contributed by atoms with Crippen LogP contribution in [-0.4, -0.2) is 98.6 Å². The van der Waals surface area contributed by atoms with Crippen LogP contribution in [0.3, 0.4) is 0 Å². The molecule has 4 rings (SSSR count). The lowest BCUT2D eigenvalue weighted by Crippen LogP contribution is -2.48. The van der Waals surface area contributed by atoms with Gasteiger partial charge in [-0.3, -0.25) is 9.59 Å². The summed E-state index contributed by atoms with van der Waals surface area (Å²) in [6, 6.07) is 7.86. The Labute approximate surface area is 195 Å². The van der Waals surface area contributed by atoms with Crippen molar-refractivity contribution < 1.29 is 19.1 Å². The van der Waals surface area contributed by atoms with Gasteiger partial charge in [0.05, 0.1) is 19.8 Å². The molecule has 0 saturated carbocycles. The van der Waals surface area contributed by atoms with E-state index in [1.807, 2.05) is 34.1 Å². The van der Waals surface area contributed by atoms with E-state index in [-0.39, 0.29) is 30.3 Å². The lowest BCUT2D eigenvalue weighted by Gasteiger charge is -2.35. The van der Waals surface area contributed by atoms with Crippen molar-refractivity contribution >= 4 is 29.2 Å². The molecule has 3 aliphatic heterocycles. The highest BCUT2D eigenvalue weighted by atomic mass is 16.5. The number of hydrogen-bond acceptors (Lipinski definition) is 5. The van der Waals surface area contributed by atoms with E-state index in [4.69, 9.17) is 4.74 Å². The van der Waals surface area contributed by atoms with Gasteiger partial charge in [0.1, 0.15) is 0 Å². The molecule has 33 heavy (non-hydrogen) atoms. The average Bonchev–Trinajstić information content (AvgIpc) is 3.39. The summed E-state index contributed by atoms with van der Waals surface area (Å²) in [5.41, 5.74) is 1.82. The zero-order chi connectivity index (χ0) is 23.2. The van der Waals surface area contributed by atoms with Crippen molar-refractivity contribution in [2.24, 2.45) is 5.92 Å². The second kappa shape index (κ2) is 10.9. The van der Waals surface area contributed by atoms with Crippen molar-refractivity contribution in [3.63, 3.8) is 0 Å². The summed E-state index contributed by atoms with van der Waals surface area (Å²) in [4.78, 5) is 45.4. The molecule has 0 aromatic heterocycles. The largest absolute Gasteiger partial charge is 0.378 e. The first kappa shape index (κ1) is 23.4. The fourth-order valence-corrected chi connectivity index (χ4v) is 4.81. The molecule has 1 aromatic rings. The molecule has 3 saturated heterocycles. The molecule has 3 fully saturated rings. The van der Waals surface area contributed by atoms with Crippen LogP contribution in [0.1, 0.15) is 25.7 Å². The maximum Gasteiger partial charge on any atom is 0.319 e. The van der Waals surface area contributed by atoms with E-state index < -0.39 is 0 Å². The van der Waals surface area contributed by atoms with Crippen LogP contribution in [0.5, 0.6) is 0 Å². The average molecular weight is 458 g/mol. The number of carbonyl (C=O) groups is 3. The lowest BCUT2D eigenvalue weighted by atomic mass is 9.95. The molecule has 180 valence electrons. The molecular formula is C24H35N5O4.